The van der Waals surface area contributed by atoms with E-state index in [-0.39, 0.29) is 16.6 Å². The van der Waals surface area contributed by atoms with Gasteiger partial charge in [0.1, 0.15) is 11.5 Å². The fourth-order valence-corrected chi connectivity index (χ4v) is 2.40. The molecule has 0 unspecified atom stereocenters. The normalized spacial score (nSPS) is 11.5. The summed E-state index contributed by atoms with van der Waals surface area (Å²) in [7, 11) is 0. The maximum Gasteiger partial charge on any atom is 0.416 e. The lowest BCUT2D eigenvalue weighted by Gasteiger charge is -2.14. The molecule has 21 heavy (non-hydrogen) atoms. The van der Waals surface area contributed by atoms with Crippen molar-refractivity contribution in [3.8, 4) is 11.5 Å². The van der Waals surface area contributed by atoms with E-state index in [1.54, 1.807) is 18.2 Å². The van der Waals surface area contributed by atoms with Crippen LogP contribution in [-0.2, 0) is 11.5 Å². The predicted molar refractivity (Wildman–Crippen MR) is 80.1 cm³/mol. The second kappa shape index (κ2) is 6.10. The van der Waals surface area contributed by atoms with Gasteiger partial charge in [-0.2, -0.15) is 13.2 Å². The monoisotopic (exact) mass is 358 g/mol. The molecule has 2 aromatic rings. The Bertz CT molecular complexity index is 650. The van der Waals surface area contributed by atoms with Crippen LogP contribution in [0.3, 0.4) is 0 Å². The molecule has 0 aliphatic carbocycles. The SMILES string of the molecule is Cc1ccc(Oc2ccc(CBr)c(C(F)(F)F)c2)cc1C. The van der Waals surface area contributed by atoms with Crippen LogP contribution in [0.1, 0.15) is 22.3 Å². The number of alkyl halides is 4. The first-order chi connectivity index (χ1) is 9.81. The largest absolute Gasteiger partial charge is 0.457 e. The van der Waals surface area contributed by atoms with E-state index >= 15 is 0 Å². The highest BCUT2D eigenvalue weighted by atomic mass is 79.9. The van der Waals surface area contributed by atoms with Crippen molar-refractivity contribution in [2.75, 3.05) is 0 Å². The zero-order valence-corrected chi connectivity index (χ0v) is 13.2. The molecule has 0 aromatic heterocycles. The molecule has 0 fully saturated rings. The highest BCUT2D eigenvalue weighted by Crippen LogP contribution is 2.36. The van der Waals surface area contributed by atoms with Gasteiger partial charge in [0.2, 0.25) is 0 Å². The third kappa shape index (κ3) is 3.79. The Balaban J connectivity index is 2.34. The summed E-state index contributed by atoms with van der Waals surface area (Å²) < 4.78 is 44.5. The fraction of sp³-hybridized carbons (Fsp3) is 0.250. The van der Waals surface area contributed by atoms with Crippen molar-refractivity contribution in [2.45, 2.75) is 25.4 Å². The molecular weight excluding hydrogens is 345 g/mol. The van der Waals surface area contributed by atoms with E-state index in [9.17, 15) is 13.2 Å². The van der Waals surface area contributed by atoms with Crippen LogP contribution in [0.5, 0.6) is 11.5 Å². The van der Waals surface area contributed by atoms with E-state index in [0.717, 1.165) is 17.2 Å². The number of hydrogen-bond acceptors (Lipinski definition) is 1. The molecule has 0 atom stereocenters. The molecule has 0 bridgehead atoms. The van der Waals surface area contributed by atoms with E-state index in [2.05, 4.69) is 15.9 Å². The fourth-order valence-electron chi connectivity index (χ4n) is 1.91. The molecule has 1 nitrogen and oxygen atoms in total. The van der Waals surface area contributed by atoms with Crippen LogP contribution < -0.4 is 4.74 Å². The zero-order valence-electron chi connectivity index (χ0n) is 11.6. The van der Waals surface area contributed by atoms with Gasteiger partial charge < -0.3 is 4.74 Å². The highest BCUT2D eigenvalue weighted by Gasteiger charge is 2.33. The summed E-state index contributed by atoms with van der Waals surface area (Å²) in [6.45, 7) is 3.89. The number of ether oxygens (including phenoxy) is 1. The second-order valence-corrected chi connectivity index (χ2v) is 5.36. The molecule has 0 spiro atoms. The number of halogens is 4. The quantitative estimate of drug-likeness (QED) is 0.610. The van der Waals surface area contributed by atoms with Gasteiger partial charge in [-0.3, -0.25) is 0 Å². The Kier molecular flexibility index (Phi) is 4.61. The van der Waals surface area contributed by atoms with Gasteiger partial charge in [-0.15, -0.1) is 0 Å². The first kappa shape index (κ1) is 15.9. The lowest BCUT2D eigenvalue weighted by molar-refractivity contribution is -0.138. The molecule has 112 valence electrons. The molecule has 0 aliphatic heterocycles. The Labute approximate surface area is 129 Å². The summed E-state index contributed by atoms with van der Waals surface area (Å²) >= 11 is 3.07. The van der Waals surface area contributed by atoms with E-state index in [4.69, 9.17) is 4.74 Å². The standard InChI is InChI=1S/C16H14BrF3O/c1-10-3-5-13(7-11(10)2)21-14-6-4-12(9-17)15(8-14)16(18,19)20/h3-8H,9H2,1-2H3. The maximum atomic E-state index is 13.0. The topological polar surface area (TPSA) is 9.23 Å². The lowest BCUT2D eigenvalue weighted by Crippen LogP contribution is -2.08. The Morgan fingerprint density at radius 2 is 1.57 bits per heavy atom. The van der Waals surface area contributed by atoms with E-state index in [1.165, 1.54) is 6.07 Å². The number of aryl methyl sites for hydroxylation is 2. The van der Waals surface area contributed by atoms with Gasteiger partial charge in [0.15, 0.2) is 0 Å². The number of rotatable bonds is 3. The molecule has 0 aliphatic rings. The molecule has 0 saturated heterocycles. The van der Waals surface area contributed by atoms with E-state index < -0.39 is 11.7 Å². The van der Waals surface area contributed by atoms with Gasteiger partial charge in [0.05, 0.1) is 5.56 Å². The maximum absolute atomic E-state index is 13.0. The van der Waals surface area contributed by atoms with Gasteiger partial charge in [0, 0.05) is 5.33 Å². The molecule has 2 aromatic carbocycles. The summed E-state index contributed by atoms with van der Waals surface area (Å²) in [5, 5.41) is 0.145. The molecule has 0 radical (unpaired) electrons. The molecule has 0 N–H and O–H groups in total. The molecule has 0 saturated carbocycles. The van der Waals surface area contributed by atoms with Crippen molar-refractivity contribution in [3.05, 3.63) is 58.7 Å². The average Bonchev–Trinajstić information content (AvgIpc) is 2.42. The van der Waals surface area contributed by atoms with Crippen LogP contribution in [-0.4, -0.2) is 0 Å². The van der Waals surface area contributed by atoms with Crippen LogP contribution in [0, 0.1) is 13.8 Å². The first-order valence-corrected chi connectivity index (χ1v) is 7.44. The Morgan fingerprint density at radius 3 is 2.14 bits per heavy atom. The van der Waals surface area contributed by atoms with E-state index in [1.807, 2.05) is 19.9 Å². The minimum Gasteiger partial charge on any atom is -0.457 e. The average molecular weight is 359 g/mol. The van der Waals surface area contributed by atoms with Crippen molar-refractivity contribution in [1.82, 2.24) is 0 Å². The summed E-state index contributed by atoms with van der Waals surface area (Å²) in [4.78, 5) is 0. The smallest absolute Gasteiger partial charge is 0.416 e. The van der Waals surface area contributed by atoms with Crippen molar-refractivity contribution in [1.29, 1.82) is 0 Å². The van der Waals surface area contributed by atoms with E-state index in [0.29, 0.717) is 5.75 Å². The van der Waals surface area contributed by atoms with Crippen molar-refractivity contribution in [3.63, 3.8) is 0 Å². The number of benzene rings is 2. The van der Waals surface area contributed by atoms with Crippen molar-refractivity contribution in [2.24, 2.45) is 0 Å². The molecular formula is C16H14BrF3O. The molecule has 0 heterocycles. The zero-order chi connectivity index (χ0) is 15.6. The molecule has 0 amide bonds. The minimum absolute atomic E-state index is 0.145. The van der Waals surface area contributed by atoms with Crippen molar-refractivity contribution < 1.29 is 17.9 Å². The molecule has 2 rings (SSSR count). The summed E-state index contributed by atoms with van der Waals surface area (Å²) in [6, 6.07) is 9.43. The summed E-state index contributed by atoms with van der Waals surface area (Å²) in [6.07, 6.45) is -4.40. The van der Waals surface area contributed by atoms with Crippen molar-refractivity contribution >= 4 is 15.9 Å². The second-order valence-electron chi connectivity index (χ2n) is 4.80. The number of hydrogen-bond donors (Lipinski definition) is 0. The third-order valence-electron chi connectivity index (χ3n) is 3.24. The molecule has 5 heteroatoms. The van der Waals surface area contributed by atoms with Crippen LogP contribution in [0.25, 0.3) is 0 Å². The summed E-state index contributed by atoms with van der Waals surface area (Å²) in [5.41, 5.74) is 1.64. The van der Waals surface area contributed by atoms with Gasteiger partial charge in [-0.05, 0) is 54.8 Å². The van der Waals surface area contributed by atoms with Crippen LogP contribution in [0.4, 0.5) is 13.2 Å². The predicted octanol–water partition coefficient (Wildman–Crippen LogP) is 6.01. The van der Waals surface area contributed by atoms with Crippen LogP contribution in [0.2, 0.25) is 0 Å². The Hall–Kier alpha value is -1.49. The van der Waals surface area contributed by atoms with Gasteiger partial charge >= 0.3 is 6.18 Å². The van der Waals surface area contributed by atoms with Crippen LogP contribution >= 0.6 is 15.9 Å². The third-order valence-corrected chi connectivity index (χ3v) is 3.85. The first-order valence-electron chi connectivity index (χ1n) is 6.32. The highest BCUT2D eigenvalue weighted by molar-refractivity contribution is 9.08. The van der Waals surface area contributed by atoms with Gasteiger partial charge in [-0.25, -0.2) is 0 Å². The minimum atomic E-state index is -4.40. The van der Waals surface area contributed by atoms with Gasteiger partial charge in [-0.1, -0.05) is 28.1 Å². The Morgan fingerprint density at radius 1 is 0.952 bits per heavy atom. The lowest BCUT2D eigenvalue weighted by atomic mass is 10.1. The summed E-state index contributed by atoms with van der Waals surface area (Å²) in [5.74, 6) is 0.702. The van der Waals surface area contributed by atoms with Gasteiger partial charge in [0.25, 0.3) is 0 Å². The van der Waals surface area contributed by atoms with Crippen LogP contribution in [0.15, 0.2) is 36.4 Å².